The molecule has 0 radical (unpaired) electrons. The number of carbonyl (C=O) groups excluding carboxylic acids is 1. The van der Waals surface area contributed by atoms with Gasteiger partial charge in [0.15, 0.2) is 0 Å². The van der Waals surface area contributed by atoms with Gasteiger partial charge in [0, 0.05) is 12.6 Å². The van der Waals surface area contributed by atoms with Crippen molar-refractivity contribution in [2.75, 3.05) is 5.32 Å². The van der Waals surface area contributed by atoms with Gasteiger partial charge in [0.1, 0.15) is 0 Å². The molecular weight excluding hydrogens is 218 g/mol. The van der Waals surface area contributed by atoms with Crippen LogP contribution in [0.15, 0.2) is 18.2 Å². The second kappa shape index (κ2) is 4.57. The fourth-order valence-corrected chi connectivity index (χ4v) is 2.35. The van der Waals surface area contributed by atoms with Crippen molar-refractivity contribution in [1.82, 2.24) is 0 Å². The van der Waals surface area contributed by atoms with Crippen molar-refractivity contribution < 1.29 is 14.7 Å². The fourth-order valence-electron chi connectivity index (χ4n) is 2.35. The smallest absolute Gasteiger partial charge is 0.310 e. The van der Waals surface area contributed by atoms with Crippen LogP contribution in [0.3, 0.4) is 0 Å². The minimum absolute atomic E-state index is 0.115. The van der Waals surface area contributed by atoms with Crippen molar-refractivity contribution in [2.24, 2.45) is 0 Å². The lowest BCUT2D eigenvalue weighted by molar-refractivity contribution is -0.139. The molecule has 4 nitrogen and oxygen atoms in total. The Kier molecular flexibility index (Phi) is 3.13. The van der Waals surface area contributed by atoms with Crippen molar-refractivity contribution in [2.45, 2.75) is 32.1 Å². The standard InChI is InChI=1S/C13H15NO3/c1-8(15)14-10-5-6-11-9(7-10)3-2-4-12(11)13(16)17/h5-7,12H,2-4H2,1H3,(H,14,15)(H,16,17). The van der Waals surface area contributed by atoms with Crippen LogP contribution in [-0.2, 0) is 16.0 Å². The lowest BCUT2D eigenvalue weighted by atomic mass is 9.82. The second-order valence-corrected chi connectivity index (χ2v) is 4.38. The Labute approximate surface area is 99.6 Å². The molecule has 0 aromatic heterocycles. The maximum atomic E-state index is 11.1. The molecule has 2 N–H and O–H groups in total. The molecule has 1 aromatic carbocycles. The molecule has 1 atom stereocenters. The van der Waals surface area contributed by atoms with Crippen molar-refractivity contribution in [3.63, 3.8) is 0 Å². The minimum atomic E-state index is -0.766. The molecule has 4 heteroatoms. The molecule has 1 amide bonds. The van der Waals surface area contributed by atoms with Crippen LogP contribution < -0.4 is 5.32 Å². The fraction of sp³-hybridized carbons (Fsp3) is 0.385. The Bertz CT molecular complexity index is 468. The molecule has 0 aliphatic heterocycles. The van der Waals surface area contributed by atoms with E-state index < -0.39 is 11.9 Å². The number of hydrogen-bond acceptors (Lipinski definition) is 2. The predicted molar refractivity (Wildman–Crippen MR) is 64.1 cm³/mol. The third-order valence-electron chi connectivity index (χ3n) is 3.08. The summed E-state index contributed by atoms with van der Waals surface area (Å²) in [4.78, 5) is 22.1. The number of hydrogen-bond donors (Lipinski definition) is 2. The first-order chi connectivity index (χ1) is 8.08. The van der Waals surface area contributed by atoms with Crippen LogP contribution in [0, 0.1) is 0 Å². The minimum Gasteiger partial charge on any atom is -0.481 e. The molecule has 17 heavy (non-hydrogen) atoms. The van der Waals surface area contributed by atoms with E-state index in [9.17, 15) is 9.59 Å². The van der Waals surface area contributed by atoms with Crippen LogP contribution in [0.2, 0.25) is 0 Å². The average molecular weight is 233 g/mol. The van der Waals surface area contributed by atoms with Crippen LogP contribution in [-0.4, -0.2) is 17.0 Å². The number of aliphatic carboxylic acids is 1. The highest BCUT2D eigenvalue weighted by Gasteiger charge is 2.26. The van der Waals surface area contributed by atoms with Crippen LogP contribution in [0.4, 0.5) is 5.69 Å². The normalized spacial score (nSPS) is 18.3. The van der Waals surface area contributed by atoms with E-state index in [0.29, 0.717) is 6.42 Å². The zero-order chi connectivity index (χ0) is 12.4. The van der Waals surface area contributed by atoms with Crippen molar-refractivity contribution in [3.8, 4) is 0 Å². The number of aryl methyl sites for hydroxylation is 1. The summed E-state index contributed by atoms with van der Waals surface area (Å²) in [6, 6.07) is 5.46. The molecule has 0 heterocycles. The van der Waals surface area contributed by atoms with Gasteiger partial charge in [-0.2, -0.15) is 0 Å². The first kappa shape index (κ1) is 11.6. The van der Waals surface area contributed by atoms with E-state index in [2.05, 4.69) is 5.32 Å². The number of amides is 1. The summed E-state index contributed by atoms with van der Waals surface area (Å²) in [5.74, 6) is -1.28. The largest absolute Gasteiger partial charge is 0.481 e. The summed E-state index contributed by atoms with van der Waals surface area (Å²) in [5, 5.41) is 11.8. The molecule has 1 aromatic rings. The van der Waals surface area contributed by atoms with E-state index in [0.717, 1.165) is 29.7 Å². The lowest BCUT2D eigenvalue weighted by Crippen LogP contribution is -2.18. The zero-order valence-electron chi connectivity index (χ0n) is 9.69. The SMILES string of the molecule is CC(=O)Nc1ccc2c(c1)CCCC2C(=O)O. The number of rotatable bonds is 2. The van der Waals surface area contributed by atoms with E-state index in [1.807, 2.05) is 12.1 Å². The number of nitrogens with one attached hydrogen (secondary N) is 1. The molecule has 1 aliphatic rings. The van der Waals surface area contributed by atoms with Crippen LogP contribution >= 0.6 is 0 Å². The van der Waals surface area contributed by atoms with Crippen molar-refractivity contribution in [1.29, 1.82) is 0 Å². The molecule has 0 fully saturated rings. The summed E-state index contributed by atoms with van der Waals surface area (Å²) in [6.07, 6.45) is 2.46. The molecule has 0 spiro atoms. The van der Waals surface area contributed by atoms with Gasteiger partial charge in [-0.3, -0.25) is 9.59 Å². The van der Waals surface area contributed by atoms with Crippen molar-refractivity contribution in [3.05, 3.63) is 29.3 Å². The highest BCUT2D eigenvalue weighted by atomic mass is 16.4. The Hall–Kier alpha value is -1.84. The number of carbonyl (C=O) groups is 2. The Morgan fingerprint density at radius 3 is 2.82 bits per heavy atom. The summed E-state index contributed by atoms with van der Waals surface area (Å²) >= 11 is 0. The van der Waals surface area contributed by atoms with Crippen LogP contribution in [0.5, 0.6) is 0 Å². The van der Waals surface area contributed by atoms with Crippen molar-refractivity contribution >= 4 is 17.6 Å². The molecule has 0 saturated carbocycles. The van der Waals surface area contributed by atoms with E-state index in [1.54, 1.807) is 6.07 Å². The Morgan fingerprint density at radius 1 is 1.41 bits per heavy atom. The molecule has 0 saturated heterocycles. The number of carboxylic acids is 1. The van der Waals surface area contributed by atoms with Gasteiger partial charge < -0.3 is 10.4 Å². The number of carboxylic acid groups (broad SMARTS) is 1. The molecule has 2 rings (SSSR count). The van der Waals surface area contributed by atoms with Crippen LogP contribution in [0.25, 0.3) is 0 Å². The van der Waals surface area contributed by atoms with Gasteiger partial charge in [0.2, 0.25) is 5.91 Å². The third kappa shape index (κ3) is 2.46. The van der Waals surface area contributed by atoms with E-state index in [4.69, 9.17) is 5.11 Å². The lowest BCUT2D eigenvalue weighted by Gasteiger charge is -2.22. The Balaban J connectivity index is 2.32. The zero-order valence-corrected chi connectivity index (χ0v) is 9.69. The first-order valence-electron chi connectivity index (χ1n) is 5.71. The summed E-state index contributed by atoms with van der Waals surface area (Å²) in [5.41, 5.74) is 2.66. The van der Waals surface area contributed by atoms with Gasteiger partial charge in [-0.25, -0.2) is 0 Å². The summed E-state index contributed by atoms with van der Waals surface area (Å²) in [6.45, 7) is 1.46. The highest BCUT2D eigenvalue weighted by Crippen LogP contribution is 2.33. The molecule has 1 unspecified atom stereocenters. The topological polar surface area (TPSA) is 66.4 Å². The third-order valence-corrected chi connectivity index (χ3v) is 3.08. The molecular formula is C13H15NO3. The maximum absolute atomic E-state index is 11.1. The summed E-state index contributed by atoms with van der Waals surface area (Å²) in [7, 11) is 0. The first-order valence-corrected chi connectivity index (χ1v) is 5.71. The van der Waals surface area contributed by atoms with E-state index in [-0.39, 0.29) is 5.91 Å². The van der Waals surface area contributed by atoms with Gasteiger partial charge in [-0.1, -0.05) is 6.07 Å². The van der Waals surface area contributed by atoms with Gasteiger partial charge in [0.05, 0.1) is 5.92 Å². The van der Waals surface area contributed by atoms with E-state index >= 15 is 0 Å². The second-order valence-electron chi connectivity index (χ2n) is 4.38. The van der Waals surface area contributed by atoms with Crippen LogP contribution in [0.1, 0.15) is 36.8 Å². The van der Waals surface area contributed by atoms with Gasteiger partial charge in [0.25, 0.3) is 0 Å². The number of benzene rings is 1. The number of anilines is 1. The van der Waals surface area contributed by atoms with Gasteiger partial charge >= 0.3 is 5.97 Å². The average Bonchev–Trinajstić information content (AvgIpc) is 2.26. The molecule has 90 valence electrons. The number of fused-ring (bicyclic) bond motifs is 1. The predicted octanol–water partition coefficient (Wildman–Crippen LogP) is 2.15. The highest BCUT2D eigenvalue weighted by molar-refractivity contribution is 5.89. The van der Waals surface area contributed by atoms with E-state index in [1.165, 1.54) is 6.92 Å². The van der Waals surface area contributed by atoms with Gasteiger partial charge in [-0.05, 0) is 42.5 Å². The summed E-state index contributed by atoms with van der Waals surface area (Å²) < 4.78 is 0. The maximum Gasteiger partial charge on any atom is 0.310 e. The van der Waals surface area contributed by atoms with Gasteiger partial charge in [-0.15, -0.1) is 0 Å². The quantitative estimate of drug-likeness (QED) is 0.822. The molecule has 1 aliphatic carbocycles. The molecule has 0 bridgehead atoms. The monoisotopic (exact) mass is 233 g/mol. The Morgan fingerprint density at radius 2 is 2.18 bits per heavy atom.